The SMILES string of the molecule is CCCC[C@H](N)c1nc(C(CC)(CC)OCC)no1. The molecule has 0 spiro atoms. The standard InChI is InChI=1S/C14H27N3O2/c1-5-9-10-11(15)12-16-13(17-19-12)14(6-2,7-3)18-8-4/h11H,5-10,15H2,1-4H3/t11-/m0/s1. The minimum absolute atomic E-state index is 0.172. The molecule has 5 nitrogen and oxygen atoms in total. The van der Waals surface area contributed by atoms with Gasteiger partial charge in [-0.3, -0.25) is 0 Å². The molecular weight excluding hydrogens is 242 g/mol. The Balaban J connectivity index is 2.86. The van der Waals surface area contributed by atoms with Gasteiger partial charge in [-0.05, 0) is 26.2 Å². The normalized spacial score (nSPS) is 13.7. The molecular formula is C14H27N3O2. The van der Waals surface area contributed by atoms with Crippen LogP contribution in [-0.4, -0.2) is 16.7 Å². The molecule has 110 valence electrons. The van der Waals surface area contributed by atoms with Gasteiger partial charge in [0.25, 0.3) is 0 Å². The Bertz CT molecular complexity index is 361. The smallest absolute Gasteiger partial charge is 0.243 e. The topological polar surface area (TPSA) is 74.2 Å². The van der Waals surface area contributed by atoms with E-state index in [0.717, 1.165) is 32.1 Å². The minimum Gasteiger partial charge on any atom is -0.367 e. The highest BCUT2D eigenvalue weighted by Crippen LogP contribution is 2.31. The predicted octanol–water partition coefficient (Wildman–Crippen LogP) is 3.31. The second kappa shape index (κ2) is 7.60. The number of nitrogens with zero attached hydrogens (tertiary/aromatic N) is 2. The molecule has 5 heteroatoms. The van der Waals surface area contributed by atoms with E-state index < -0.39 is 5.60 Å². The van der Waals surface area contributed by atoms with Crippen LogP contribution in [0.5, 0.6) is 0 Å². The zero-order chi connectivity index (χ0) is 14.3. The van der Waals surface area contributed by atoms with Gasteiger partial charge in [0, 0.05) is 6.61 Å². The quantitative estimate of drug-likeness (QED) is 0.744. The fraction of sp³-hybridized carbons (Fsp3) is 0.857. The van der Waals surface area contributed by atoms with Gasteiger partial charge in [-0.2, -0.15) is 4.98 Å². The molecule has 0 saturated heterocycles. The van der Waals surface area contributed by atoms with Crippen molar-refractivity contribution in [1.29, 1.82) is 0 Å². The van der Waals surface area contributed by atoms with Crippen LogP contribution in [0.1, 0.15) is 77.6 Å². The average molecular weight is 269 g/mol. The van der Waals surface area contributed by atoms with Crippen LogP contribution in [0.25, 0.3) is 0 Å². The molecule has 1 aromatic rings. The van der Waals surface area contributed by atoms with Crippen LogP contribution in [0.4, 0.5) is 0 Å². The van der Waals surface area contributed by atoms with Crippen molar-refractivity contribution < 1.29 is 9.26 Å². The molecule has 0 aliphatic carbocycles. The van der Waals surface area contributed by atoms with E-state index in [0.29, 0.717) is 18.3 Å². The number of ether oxygens (including phenoxy) is 1. The van der Waals surface area contributed by atoms with Crippen molar-refractivity contribution in [3.63, 3.8) is 0 Å². The van der Waals surface area contributed by atoms with Crippen molar-refractivity contribution in [3.05, 3.63) is 11.7 Å². The van der Waals surface area contributed by atoms with Crippen molar-refractivity contribution in [2.24, 2.45) is 5.73 Å². The first-order valence-corrected chi connectivity index (χ1v) is 7.37. The van der Waals surface area contributed by atoms with E-state index >= 15 is 0 Å². The molecule has 0 aliphatic heterocycles. The molecule has 0 bridgehead atoms. The van der Waals surface area contributed by atoms with Gasteiger partial charge in [0.1, 0.15) is 5.60 Å². The lowest BCUT2D eigenvalue weighted by molar-refractivity contribution is -0.0583. The van der Waals surface area contributed by atoms with Gasteiger partial charge in [0.2, 0.25) is 11.7 Å². The van der Waals surface area contributed by atoms with Gasteiger partial charge < -0.3 is 15.0 Å². The van der Waals surface area contributed by atoms with Gasteiger partial charge in [0.05, 0.1) is 6.04 Å². The lowest BCUT2D eigenvalue weighted by Crippen LogP contribution is -2.30. The summed E-state index contributed by atoms with van der Waals surface area (Å²) in [5, 5.41) is 4.09. The third-order valence-electron chi connectivity index (χ3n) is 3.60. The highest BCUT2D eigenvalue weighted by molar-refractivity contribution is 5.02. The second-order valence-corrected chi connectivity index (χ2v) is 4.84. The summed E-state index contributed by atoms with van der Waals surface area (Å²) in [6.45, 7) is 8.90. The Morgan fingerprint density at radius 2 is 1.95 bits per heavy atom. The van der Waals surface area contributed by atoms with E-state index in [1.54, 1.807) is 0 Å². The largest absolute Gasteiger partial charge is 0.367 e. The van der Waals surface area contributed by atoms with Crippen molar-refractivity contribution >= 4 is 0 Å². The van der Waals surface area contributed by atoms with E-state index in [1.807, 2.05) is 6.92 Å². The Kier molecular flexibility index (Phi) is 6.45. The number of hydrogen-bond acceptors (Lipinski definition) is 5. The molecule has 0 saturated carbocycles. The Hall–Kier alpha value is -0.940. The molecule has 0 aliphatic rings. The van der Waals surface area contributed by atoms with Crippen molar-refractivity contribution in [1.82, 2.24) is 10.1 Å². The third-order valence-corrected chi connectivity index (χ3v) is 3.60. The van der Waals surface area contributed by atoms with Gasteiger partial charge >= 0.3 is 0 Å². The zero-order valence-corrected chi connectivity index (χ0v) is 12.6. The van der Waals surface area contributed by atoms with Crippen LogP contribution in [-0.2, 0) is 10.3 Å². The van der Waals surface area contributed by atoms with Crippen LogP contribution in [0, 0.1) is 0 Å². The van der Waals surface area contributed by atoms with E-state index in [4.69, 9.17) is 15.0 Å². The molecule has 19 heavy (non-hydrogen) atoms. The second-order valence-electron chi connectivity index (χ2n) is 4.84. The lowest BCUT2D eigenvalue weighted by Gasteiger charge is -2.27. The lowest BCUT2D eigenvalue weighted by atomic mass is 9.96. The zero-order valence-electron chi connectivity index (χ0n) is 12.6. The number of nitrogens with two attached hydrogens (primary N) is 1. The molecule has 1 atom stereocenters. The number of rotatable bonds is 9. The number of unbranched alkanes of at least 4 members (excludes halogenated alkanes) is 1. The maximum Gasteiger partial charge on any atom is 0.243 e. The molecule has 1 rings (SSSR count). The Labute approximate surface area is 115 Å². The summed E-state index contributed by atoms with van der Waals surface area (Å²) in [5.74, 6) is 1.15. The van der Waals surface area contributed by atoms with Crippen molar-refractivity contribution in [2.75, 3.05) is 6.61 Å². The summed E-state index contributed by atoms with van der Waals surface area (Å²) in [6, 6.07) is -0.172. The van der Waals surface area contributed by atoms with Crippen LogP contribution in [0.15, 0.2) is 4.52 Å². The summed E-state index contributed by atoms with van der Waals surface area (Å²) in [4.78, 5) is 4.47. The van der Waals surface area contributed by atoms with E-state index in [-0.39, 0.29) is 6.04 Å². The van der Waals surface area contributed by atoms with E-state index in [2.05, 4.69) is 30.9 Å². The van der Waals surface area contributed by atoms with Crippen LogP contribution < -0.4 is 5.73 Å². The first kappa shape index (κ1) is 16.1. The number of aromatic nitrogens is 2. The highest BCUT2D eigenvalue weighted by atomic mass is 16.5. The molecule has 1 aromatic heterocycles. The maximum absolute atomic E-state index is 6.06. The maximum atomic E-state index is 6.06. The minimum atomic E-state index is -0.443. The number of hydrogen-bond donors (Lipinski definition) is 1. The fourth-order valence-corrected chi connectivity index (χ4v) is 2.23. The van der Waals surface area contributed by atoms with E-state index in [1.165, 1.54) is 0 Å². The van der Waals surface area contributed by atoms with E-state index in [9.17, 15) is 0 Å². The first-order valence-electron chi connectivity index (χ1n) is 7.37. The van der Waals surface area contributed by atoms with Gasteiger partial charge in [-0.1, -0.05) is 38.8 Å². The first-order chi connectivity index (χ1) is 9.13. The monoisotopic (exact) mass is 269 g/mol. The molecule has 0 radical (unpaired) electrons. The van der Waals surface area contributed by atoms with Gasteiger partial charge in [-0.15, -0.1) is 0 Å². The van der Waals surface area contributed by atoms with Crippen LogP contribution in [0.2, 0.25) is 0 Å². The van der Waals surface area contributed by atoms with Crippen molar-refractivity contribution in [3.8, 4) is 0 Å². The summed E-state index contributed by atoms with van der Waals surface area (Å²) in [7, 11) is 0. The van der Waals surface area contributed by atoms with Gasteiger partial charge in [0.15, 0.2) is 0 Å². The molecule has 0 unspecified atom stereocenters. The van der Waals surface area contributed by atoms with Gasteiger partial charge in [-0.25, -0.2) is 0 Å². The molecule has 2 N–H and O–H groups in total. The average Bonchev–Trinajstić information content (AvgIpc) is 2.92. The highest BCUT2D eigenvalue weighted by Gasteiger charge is 2.35. The summed E-state index contributed by atoms with van der Waals surface area (Å²) in [6.07, 6.45) is 4.69. The molecule has 1 heterocycles. The van der Waals surface area contributed by atoms with Crippen LogP contribution in [0.3, 0.4) is 0 Å². The fourth-order valence-electron chi connectivity index (χ4n) is 2.23. The summed E-state index contributed by atoms with van der Waals surface area (Å²) < 4.78 is 11.2. The Morgan fingerprint density at radius 3 is 2.47 bits per heavy atom. The molecule has 0 amide bonds. The molecule has 0 fully saturated rings. The Morgan fingerprint density at radius 1 is 1.26 bits per heavy atom. The van der Waals surface area contributed by atoms with Crippen LogP contribution >= 0.6 is 0 Å². The third kappa shape index (κ3) is 3.76. The molecule has 0 aromatic carbocycles. The summed E-state index contributed by atoms with van der Waals surface area (Å²) in [5.41, 5.74) is 5.61. The predicted molar refractivity (Wildman–Crippen MR) is 74.6 cm³/mol. The summed E-state index contributed by atoms with van der Waals surface area (Å²) >= 11 is 0. The van der Waals surface area contributed by atoms with Crippen molar-refractivity contribution in [2.45, 2.75) is 71.4 Å².